The average molecular weight is 293 g/mol. The number of rotatable bonds is 7. The van der Waals surface area contributed by atoms with Crippen LogP contribution in [0.1, 0.15) is 26.7 Å². The van der Waals surface area contributed by atoms with E-state index in [0.717, 1.165) is 51.4 Å². The smallest absolute Gasteiger partial charge is 0.218 e. The summed E-state index contributed by atoms with van der Waals surface area (Å²) in [5.41, 5.74) is 5.83. The molecule has 1 aliphatic heterocycles. The highest BCUT2D eigenvalue weighted by atomic mass is 16.5. The zero-order valence-electron chi connectivity index (χ0n) is 13.2. The predicted molar refractivity (Wildman–Crippen MR) is 84.7 cm³/mol. The van der Waals surface area contributed by atoms with Crippen molar-refractivity contribution in [1.82, 2.24) is 14.9 Å². The van der Waals surface area contributed by atoms with Crippen LogP contribution in [0.25, 0.3) is 0 Å². The Labute approximate surface area is 127 Å². The van der Waals surface area contributed by atoms with E-state index in [1.54, 1.807) is 6.33 Å². The maximum absolute atomic E-state index is 5.83. The molecule has 2 N–H and O–H groups in total. The molecule has 0 aromatic carbocycles. The third kappa shape index (κ3) is 4.28. The summed E-state index contributed by atoms with van der Waals surface area (Å²) in [7, 11) is 0. The van der Waals surface area contributed by atoms with Crippen LogP contribution in [0, 0.1) is 0 Å². The van der Waals surface area contributed by atoms with Gasteiger partial charge in [-0.2, -0.15) is 0 Å². The van der Waals surface area contributed by atoms with Crippen LogP contribution in [0.2, 0.25) is 0 Å². The van der Waals surface area contributed by atoms with E-state index in [-0.39, 0.29) is 0 Å². The van der Waals surface area contributed by atoms with E-state index in [1.807, 2.05) is 6.07 Å². The second-order valence-corrected chi connectivity index (χ2v) is 5.38. The van der Waals surface area contributed by atoms with Gasteiger partial charge in [-0.1, -0.05) is 13.8 Å². The van der Waals surface area contributed by atoms with E-state index < -0.39 is 0 Å². The standard InChI is InChI=1S/C15H27N5O/c1-3-9-21-15-10-14(17-12-18-15)20-7-5-19(6-8-20)13(4-2)11-16/h10,12-13H,3-9,11,16H2,1-2H3. The van der Waals surface area contributed by atoms with E-state index >= 15 is 0 Å². The fraction of sp³-hybridized carbons (Fsp3) is 0.733. The fourth-order valence-electron chi connectivity index (χ4n) is 2.68. The summed E-state index contributed by atoms with van der Waals surface area (Å²) in [6.45, 7) is 9.73. The Morgan fingerprint density at radius 1 is 1.24 bits per heavy atom. The first-order valence-electron chi connectivity index (χ1n) is 7.92. The molecule has 0 saturated carbocycles. The quantitative estimate of drug-likeness (QED) is 0.813. The lowest BCUT2D eigenvalue weighted by atomic mass is 10.1. The molecule has 1 fully saturated rings. The highest BCUT2D eigenvalue weighted by Gasteiger charge is 2.22. The maximum Gasteiger partial charge on any atom is 0.218 e. The highest BCUT2D eigenvalue weighted by molar-refractivity contribution is 5.41. The van der Waals surface area contributed by atoms with Gasteiger partial charge in [0.15, 0.2) is 0 Å². The zero-order chi connectivity index (χ0) is 15.1. The molecule has 1 atom stereocenters. The molecule has 6 heteroatoms. The van der Waals surface area contributed by atoms with Crippen molar-refractivity contribution in [3.05, 3.63) is 12.4 Å². The Balaban J connectivity index is 1.92. The minimum absolute atomic E-state index is 0.501. The first kappa shape index (κ1) is 16.0. The second-order valence-electron chi connectivity index (χ2n) is 5.38. The molecule has 0 aliphatic carbocycles. The van der Waals surface area contributed by atoms with Gasteiger partial charge in [-0.05, 0) is 12.8 Å². The van der Waals surface area contributed by atoms with Gasteiger partial charge in [0.1, 0.15) is 12.1 Å². The van der Waals surface area contributed by atoms with Gasteiger partial charge in [0.05, 0.1) is 6.61 Å². The molecule has 1 saturated heterocycles. The van der Waals surface area contributed by atoms with Crippen molar-refractivity contribution in [2.45, 2.75) is 32.7 Å². The van der Waals surface area contributed by atoms with Crippen molar-refractivity contribution in [3.8, 4) is 5.88 Å². The van der Waals surface area contributed by atoms with Crippen molar-refractivity contribution < 1.29 is 4.74 Å². The normalized spacial score (nSPS) is 17.8. The lowest BCUT2D eigenvalue weighted by Crippen LogP contribution is -2.52. The van der Waals surface area contributed by atoms with Crippen LogP contribution in [0.4, 0.5) is 5.82 Å². The van der Waals surface area contributed by atoms with Crippen LogP contribution in [0.5, 0.6) is 5.88 Å². The molecule has 1 aromatic rings. The summed E-state index contributed by atoms with van der Waals surface area (Å²) in [6.07, 6.45) is 3.68. The monoisotopic (exact) mass is 293 g/mol. The number of anilines is 1. The summed E-state index contributed by atoms with van der Waals surface area (Å²) in [6, 6.07) is 2.44. The van der Waals surface area contributed by atoms with Crippen LogP contribution in [0.3, 0.4) is 0 Å². The molecular formula is C15H27N5O. The lowest BCUT2D eigenvalue weighted by molar-refractivity contribution is 0.184. The van der Waals surface area contributed by atoms with Gasteiger partial charge >= 0.3 is 0 Å². The summed E-state index contributed by atoms with van der Waals surface area (Å²) >= 11 is 0. The molecule has 6 nitrogen and oxygen atoms in total. The van der Waals surface area contributed by atoms with Gasteiger partial charge in [-0.3, -0.25) is 4.90 Å². The predicted octanol–water partition coefficient (Wildman–Crippen LogP) is 1.12. The molecule has 1 aromatic heterocycles. The van der Waals surface area contributed by atoms with Gasteiger partial charge in [0, 0.05) is 44.8 Å². The van der Waals surface area contributed by atoms with Gasteiger partial charge in [-0.15, -0.1) is 0 Å². The van der Waals surface area contributed by atoms with Crippen molar-refractivity contribution in [2.24, 2.45) is 5.73 Å². The number of nitrogens with two attached hydrogens (primary N) is 1. The molecule has 0 spiro atoms. The molecule has 1 aliphatic rings. The molecule has 0 bridgehead atoms. The van der Waals surface area contributed by atoms with Crippen LogP contribution < -0.4 is 15.4 Å². The number of ether oxygens (including phenoxy) is 1. The van der Waals surface area contributed by atoms with E-state index in [2.05, 4.69) is 33.6 Å². The number of hydrogen-bond donors (Lipinski definition) is 1. The third-order valence-corrected chi connectivity index (χ3v) is 3.98. The van der Waals surface area contributed by atoms with Crippen molar-refractivity contribution in [2.75, 3.05) is 44.2 Å². The van der Waals surface area contributed by atoms with Crippen LogP contribution in [-0.4, -0.2) is 60.2 Å². The van der Waals surface area contributed by atoms with Gasteiger partial charge in [0.2, 0.25) is 5.88 Å². The summed E-state index contributed by atoms with van der Waals surface area (Å²) in [4.78, 5) is 13.3. The summed E-state index contributed by atoms with van der Waals surface area (Å²) < 4.78 is 5.58. The molecule has 0 radical (unpaired) electrons. The van der Waals surface area contributed by atoms with Crippen LogP contribution >= 0.6 is 0 Å². The van der Waals surface area contributed by atoms with Crippen LogP contribution in [0.15, 0.2) is 12.4 Å². The first-order chi connectivity index (χ1) is 10.3. The van der Waals surface area contributed by atoms with Crippen molar-refractivity contribution in [3.63, 3.8) is 0 Å². The molecule has 2 rings (SSSR count). The summed E-state index contributed by atoms with van der Waals surface area (Å²) in [5.74, 6) is 1.62. The second kappa shape index (κ2) is 8.14. The van der Waals surface area contributed by atoms with E-state index in [4.69, 9.17) is 10.5 Å². The summed E-state index contributed by atoms with van der Waals surface area (Å²) in [5, 5.41) is 0. The molecule has 21 heavy (non-hydrogen) atoms. The van der Waals surface area contributed by atoms with Gasteiger partial charge in [-0.25, -0.2) is 9.97 Å². The van der Waals surface area contributed by atoms with Crippen molar-refractivity contribution in [1.29, 1.82) is 0 Å². The first-order valence-corrected chi connectivity index (χ1v) is 7.92. The van der Waals surface area contributed by atoms with E-state index in [0.29, 0.717) is 18.5 Å². The molecule has 0 amide bonds. The third-order valence-electron chi connectivity index (χ3n) is 3.98. The van der Waals surface area contributed by atoms with E-state index in [9.17, 15) is 0 Å². The van der Waals surface area contributed by atoms with Crippen molar-refractivity contribution >= 4 is 5.82 Å². The maximum atomic E-state index is 5.83. The van der Waals surface area contributed by atoms with Gasteiger partial charge < -0.3 is 15.4 Å². The average Bonchev–Trinajstić information content (AvgIpc) is 2.55. The van der Waals surface area contributed by atoms with Gasteiger partial charge in [0.25, 0.3) is 0 Å². The highest BCUT2D eigenvalue weighted by Crippen LogP contribution is 2.18. The Morgan fingerprint density at radius 2 is 2.00 bits per heavy atom. The molecular weight excluding hydrogens is 266 g/mol. The number of nitrogens with zero attached hydrogens (tertiary/aromatic N) is 4. The Bertz CT molecular complexity index is 416. The molecule has 1 unspecified atom stereocenters. The number of piperazine rings is 1. The minimum atomic E-state index is 0.501. The topological polar surface area (TPSA) is 67.5 Å². The molecule has 2 heterocycles. The Morgan fingerprint density at radius 3 is 2.62 bits per heavy atom. The number of hydrogen-bond acceptors (Lipinski definition) is 6. The minimum Gasteiger partial charge on any atom is -0.478 e. The SMILES string of the molecule is CCCOc1cc(N2CCN(C(CC)CN)CC2)ncn1. The van der Waals surface area contributed by atoms with Crippen LogP contribution in [-0.2, 0) is 0 Å². The molecule has 118 valence electrons. The number of aromatic nitrogens is 2. The lowest BCUT2D eigenvalue weighted by Gasteiger charge is -2.39. The zero-order valence-corrected chi connectivity index (χ0v) is 13.2. The Hall–Kier alpha value is -1.40. The fourth-order valence-corrected chi connectivity index (χ4v) is 2.68. The largest absolute Gasteiger partial charge is 0.478 e. The Kier molecular flexibility index (Phi) is 6.20. The van der Waals surface area contributed by atoms with E-state index in [1.165, 1.54) is 0 Å².